The Labute approximate surface area is 156 Å². The number of carbonyl (C=O) groups is 2. The lowest BCUT2D eigenvalue weighted by Gasteiger charge is -2.22. The van der Waals surface area contributed by atoms with E-state index >= 15 is 0 Å². The lowest BCUT2D eigenvalue weighted by Crippen LogP contribution is -2.33. The van der Waals surface area contributed by atoms with Crippen LogP contribution >= 0.6 is 0 Å². The molecule has 0 aliphatic carbocycles. The second-order valence-corrected chi connectivity index (χ2v) is 7.59. The molecular weight excluding hydrogens is 375 g/mol. The van der Waals surface area contributed by atoms with E-state index in [-0.39, 0.29) is 24.2 Å². The molecule has 144 valence electrons. The molecule has 0 atom stereocenters. The normalized spacial score (nSPS) is 10.9. The van der Waals surface area contributed by atoms with Gasteiger partial charge in [0.1, 0.15) is 5.82 Å². The number of methoxy groups -OCH3 is 1. The Morgan fingerprint density at radius 1 is 1.15 bits per heavy atom. The summed E-state index contributed by atoms with van der Waals surface area (Å²) in [7, 11) is -2.40. The third-order valence-electron chi connectivity index (χ3n) is 3.62. The lowest BCUT2D eigenvalue weighted by molar-refractivity contribution is -0.116. The van der Waals surface area contributed by atoms with E-state index in [1.54, 1.807) is 18.2 Å². The summed E-state index contributed by atoms with van der Waals surface area (Å²) in [6.07, 6.45) is 0.876. The number of hydrogen-bond acceptors (Lipinski definition) is 5. The molecule has 0 aliphatic rings. The van der Waals surface area contributed by atoms with Crippen LogP contribution in [-0.4, -0.2) is 40.2 Å². The van der Waals surface area contributed by atoms with Gasteiger partial charge >= 0.3 is 5.97 Å². The first-order valence-electron chi connectivity index (χ1n) is 7.92. The smallest absolute Gasteiger partial charge is 0.337 e. The number of ether oxygens (including phenoxy) is 1. The number of rotatable bonds is 7. The minimum atomic E-state index is -3.65. The molecule has 2 aromatic carbocycles. The van der Waals surface area contributed by atoms with Crippen LogP contribution < -0.4 is 9.62 Å². The van der Waals surface area contributed by atoms with Crippen molar-refractivity contribution in [3.05, 3.63) is 59.9 Å². The third-order valence-corrected chi connectivity index (χ3v) is 4.82. The van der Waals surface area contributed by atoms with Gasteiger partial charge in [-0.1, -0.05) is 6.07 Å². The second-order valence-electron chi connectivity index (χ2n) is 5.68. The van der Waals surface area contributed by atoms with Gasteiger partial charge in [-0.2, -0.15) is 0 Å². The van der Waals surface area contributed by atoms with E-state index in [0.29, 0.717) is 5.69 Å². The fraction of sp³-hybridized carbons (Fsp3) is 0.222. The van der Waals surface area contributed by atoms with Gasteiger partial charge in [-0.25, -0.2) is 17.6 Å². The molecule has 27 heavy (non-hydrogen) atoms. The number of amides is 1. The fourth-order valence-electron chi connectivity index (χ4n) is 2.36. The molecule has 9 heteroatoms. The van der Waals surface area contributed by atoms with Crippen molar-refractivity contribution in [3.8, 4) is 0 Å². The van der Waals surface area contributed by atoms with Crippen LogP contribution in [0.15, 0.2) is 48.5 Å². The highest BCUT2D eigenvalue weighted by atomic mass is 32.2. The maximum atomic E-state index is 13.1. The highest BCUT2D eigenvalue weighted by molar-refractivity contribution is 7.92. The number of benzene rings is 2. The van der Waals surface area contributed by atoms with Gasteiger partial charge < -0.3 is 10.1 Å². The Hall–Kier alpha value is -2.94. The van der Waals surface area contributed by atoms with Crippen LogP contribution in [0.1, 0.15) is 16.8 Å². The molecule has 2 rings (SSSR count). The Morgan fingerprint density at radius 3 is 2.41 bits per heavy atom. The van der Waals surface area contributed by atoms with Gasteiger partial charge in [0.2, 0.25) is 15.9 Å². The van der Waals surface area contributed by atoms with Crippen LogP contribution in [0.2, 0.25) is 0 Å². The van der Waals surface area contributed by atoms with Gasteiger partial charge in [0, 0.05) is 18.7 Å². The standard InChI is InChI=1S/C18H19FN2O5S/c1-26-18(23)13-4-3-5-15(12-13)20-17(22)10-11-21(27(2,24)25)16-8-6-14(19)7-9-16/h3-9,12H,10-11H2,1-2H3,(H,20,22). The predicted molar refractivity (Wildman–Crippen MR) is 99.6 cm³/mol. The molecule has 0 spiro atoms. The molecule has 0 aliphatic heterocycles. The molecular formula is C18H19FN2O5S. The zero-order valence-corrected chi connectivity index (χ0v) is 15.6. The molecule has 7 nitrogen and oxygen atoms in total. The first-order valence-corrected chi connectivity index (χ1v) is 9.77. The number of anilines is 2. The quantitative estimate of drug-likeness (QED) is 0.728. The van der Waals surface area contributed by atoms with Crippen LogP contribution in [0.5, 0.6) is 0 Å². The first-order chi connectivity index (χ1) is 12.7. The van der Waals surface area contributed by atoms with Crippen LogP contribution in [0, 0.1) is 5.82 Å². The van der Waals surface area contributed by atoms with E-state index in [9.17, 15) is 22.4 Å². The molecule has 2 aromatic rings. The number of nitrogens with zero attached hydrogens (tertiary/aromatic N) is 1. The maximum Gasteiger partial charge on any atom is 0.337 e. The molecule has 1 amide bonds. The van der Waals surface area contributed by atoms with Gasteiger partial charge in [0.25, 0.3) is 0 Å². The molecule has 0 aromatic heterocycles. The van der Waals surface area contributed by atoms with Crippen molar-refractivity contribution in [3.63, 3.8) is 0 Å². The van der Waals surface area contributed by atoms with Crippen molar-refractivity contribution < 1.29 is 27.1 Å². The largest absolute Gasteiger partial charge is 0.465 e. The summed E-state index contributed by atoms with van der Waals surface area (Å²) in [4.78, 5) is 23.7. The third kappa shape index (κ3) is 5.78. The number of hydrogen-bond donors (Lipinski definition) is 1. The molecule has 0 unspecified atom stereocenters. The van der Waals surface area contributed by atoms with Gasteiger partial charge in [-0.05, 0) is 42.5 Å². The fourth-order valence-corrected chi connectivity index (χ4v) is 3.29. The van der Waals surface area contributed by atoms with Crippen LogP contribution in [0.25, 0.3) is 0 Å². The number of sulfonamides is 1. The van der Waals surface area contributed by atoms with Crippen molar-refractivity contribution in [2.45, 2.75) is 6.42 Å². The molecule has 0 saturated heterocycles. The molecule has 1 N–H and O–H groups in total. The summed E-state index contributed by atoms with van der Waals surface area (Å²) in [5, 5.41) is 2.60. The van der Waals surface area contributed by atoms with Gasteiger partial charge in [-0.3, -0.25) is 9.10 Å². The zero-order valence-electron chi connectivity index (χ0n) is 14.8. The Bertz CT molecular complexity index is 929. The maximum absolute atomic E-state index is 13.1. The molecule has 0 saturated carbocycles. The second kappa shape index (κ2) is 8.63. The summed E-state index contributed by atoms with van der Waals surface area (Å²) in [5.74, 6) is -1.46. The highest BCUT2D eigenvalue weighted by Gasteiger charge is 2.19. The number of esters is 1. The summed E-state index contributed by atoms with van der Waals surface area (Å²) >= 11 is 0. The van der Waals surface area contributed by atoms with E-state index in [1.807, 2.05) is 0 Å². The van der Waals surface area contributed by atoms with Crippen LogP contribution in [0.3, 0.4) is 0 Å². The Morgan fingerprint density at radius 2 is 1.81 bits per heavy atom. The summed E-state index contributed by atoms with van der Waals surface area (Å²) in [6, 6.07) is 11.1. The van der Waals surface area contributed by atoms with E-state index in [0.717, 1.165) is 22.7 Å². The van der Waals surface area contributed by atoms with Gasteiger partial charge in [-0.15, -0.1) is 0 Å². The Balaban J connectivity index is 2.06. The van der Waals surface area contributed by atoms with Crippen molar-refractivity contribution in [2.24, 2.45) is 0 Å². The summed E-state index contributed by atoms with van der Waals surface area (Å²) in [6.45, 7) is -0.118. The van der Waals surface area contributed by atoms with Crippen molar-refractivity contribution in [2.75, 3.05) is 29.5 Å². The molecule has 0 fully saturated rings. The topological polar surface area (TPSA) is 92.8 Å². The van der Waals surface area contributed by atoms with Crippen molar-refractivity contribution in [1.29, 1.82) is 0 Å². The highest BCUT2D eigenvalue weighted by Crippen LogP contribution is 2.19. The minimum Gasteiger partial charge on any atom is -0.465 e. The number of nitrogens with one attached hydrogen (secondary N) is 1. The van der Waals surface area contributed by atoms with E-state index in [2.05, 4.69) is 10.1 Å². The van der Waals surface area contributed by atoms with E-state index < -0.39 is 27.7 Å². The SMILES string of the molecule is COC(=O)c1cccc(NC(=O)CCN(c2ccc(F)cc2)S(C)(=O)=O)c1. The molecule has 0 radical (unpaired) electrons. The first kappa shape index (κ1) is 20.4. The Kier molecular flexibility index (Phi) is 6.51. The summed E-state index contributed by atoms with van der Waals surface area (Å²) in [5.41, 5.74) is 0.925. The van der Waals surface area contributed by atoms with Crippen LogP contribution in [-0.2, 0) is 19.6 Å². The number of carbonyl (C=O) groups excluding carboxylic acids is 2. The minimum absolute atomic E-state index is 0.118. The van der Waals surface area contributed by atoms with Crippen LogP contribution in [0.4, 0.5) is 15.8 Å². The van der Waals surface area contributed by atoms with Crippen molar-refractivity contribution >= 4 is 33.3 Å². The predicted octanol–water partition coefficient (Wildman–Crippen LogP) is 2.41. The van der Waals surface area contributed by atoms with E-state index in [1.165, 1.54) is 25.3 Å². The average Bonchev–Trinajstić information content (AvgIpc) is 2.61. The molecule has 0 bridgehead atoms. The van der Waals surface area contributed by atoms with Crippen molar-refractivity contribution in [1.82, 2.24) is 0 Å². The average molecular weight is 394 g/mol. The molecule has 0 heterocycles. The monoisotopic (exact) mass is 394 g/mol. The van der Waals surface area contributed by atoms with Gasteiger partial charge in [0.05, 0.1) is 24.6 Å². The number of halogens is 1. The van der Waals surface area contributed by atoms with Gasteiger partial charge in [0.15, 0.2) is 0 Å². The lowest BCUT2D eigenvalue weighted by atomic mass is 10.2. The zero-order chi connectivity index (χ0) is 20.0. The summed E-state index contributed by atoms with van der Waals surface area (Å²) < 4.78 is 42.7. The van der Waals surface area contributed by atoms with E-state index in [4.69, 9.17) is 0 Å².